The number of fused-ring (bicyclic) bond motifs is 1. The SMILES string of the molecule is CSCCC(C(=O)Nc1ccc(F)cc1Cl)N1C(=O)c2ccccc2C1=O. The van der Waals surface area contributed by atoms with E-state index in [-0.39, 0.29) is 28.3 Å². The van der Waals surface area contributed by atoms with E-state index in [4.69, 9.17) is 11.6 Å². The monoisotopic (exact) mass is 406 g/mol. The maximum Gasteiger partial charge on any atom is 0.262 e. The molecule has 2 aromatic rings. The van der Waals surface area contributed by atoms with Crippen molar-refractivity contribution in [3.63, 3.8) is 0 Å². The van der Waals surface area contributed by atoms with Gasteiger partial charge in [-0.15, -0.1) is 0 Å². The third-order valence-corrected chi connectivity index (χ3v) is 5.18. The lowest BCUT2D eigenvalue weighted by Gasteiger charge is -2.25. The van der Waals surface area contributed by atoms with Gasteiger partial charge in [0.1, 0.15) is 11.9 Å². The maximum atomic E-state index is 13.2. The molecular formula is C19H16ClFN2O3S. The Morgan fingerprint density at radius 1 is 1.19 bits per heavy atom. The third-order valence-electron chi connectivity index (χ3n) is 4.22. The first kappa shape index (κ1) is 19.4. The number of carbonyl (C=O) groups excluding carboxylic acids is 3. The normalized spacial score (nSPS) is 14.3. The molecule has 1 unspecified atom stereocenters. The standard InChI is InChI=1S/C19H16ClFN2O3S/c1-27-9-8-16(17(24)22-15-7-6-11(21)10-14(15)20)23-18(25)12-4-2-3-5-13(12)19(23)26/h2-7,10,16H,8-9H2,1H3,(H,22,24). The van der Waals surface area contributed by atoms with Crippen molar-refractivity contribution >= 4 is 46.8 Å². The van der Waals surface area contributed by atoms with Gasteiger partial charge in [0.25, 0.3) is 11.8 Å². The van der Waals surface area contributed by atoms with Crippen molar-refractivity contribution in [2.24, 2.45) is 0 Å². The summed E-state index contributed by atoms with van der Waals surface area (Å²) in [5.74, 6) is -1.50. The summed E-state index contributed by atoms with van der Waals surface area (Å²) in [6.07, 6.45) is 2.16. The van der Waals surface area contributed by atoms with E-state index in [2.05, 4.69) is 5.32 Å². The van der Waals surface area contributed by atoms with Gasteiger partial charge >= 0.3 is 0 Å². The van der Waals surface area contributed by atoms with Crippen molar-refractivity contribution in [3.8, 4) is 0 Å². The maximum absolute atomic E-state index is 13.2. The molecule has 140 valence electrons. The summed E-state index contributed by atoms with van der Waals surface area (Å²) in [5, 5.41) is 2.63. The minimum Gasteiger partial charge on any atom is -0.323 e. The summed E-state index contributed by atoms with van der Waals surface area (Å²) in [7, 11) is 0. The number of benzene rings is 2. The average molecular weight is 407 g/mol. The van der Waals surface area contributed by atoms with Gasteiger partial charge in [-0.25, -0.2) is 4.39 Å². The molecule has 0 aliphatic carbocycles. The Bertz CT molecular complexity index is 887. The van der Waals surface area contributed by atoms with Gasteiger partial charge in [0.2, 0.25) is 5.91 Å². The highest BCUT2D eigenvalue weighted by Gasteiger charge is 2.42. The molecular weight excluding hydrogens is 391 g/mol. The molecule has 1 heterocycles. The smallest absolute Gasteiger partial charge is 0.262 e. The van der Waals surface area contributed by atoms with Crippen LogP contribution in [0, 0.1) is 5.82 Å². The minimum absolute atomic E-state index is 0.0364. The van der Waals surface area contributed by atoms with Gasteiger partial charge in [0.05, 0.1) is 21.8 Å². The summed E-state index contributed by atoms with van der Waals surface area (Å²) < 4.78 is 13.2. The molecule has 8 heteroatoms. The first-order chi connectivity index (χ1) is 12.9. The molecule has 3 rings (SSSR count). The van der Waals surface area contributed by atoms with E-state index in [0.29, 0.717) is 5.75 Å². The van der Waals surface area contributed by atoms with Crippen molar-refractivity contribution in [1.29, 1.82) is 0 Å². The predicted octanol–water partition coefficient (Wildman–Crippen LogP) is 3.84. The molecule has 3 amide bonds. The summed E-state index contributed by atoms with van der Waals surface area (Å²) in [6, 6.07) is 9.06. The summed E-state index contributed by atoms with van der Waals surface area (Å²) in [4.78, 5) is 39.3. The number of rotatable bonds is 6. The number of carbonyl (C=O) groups is 3. The van der Waals surface area contributed by atoms with Crippen LogP contribution in [0.3, 0.4) is 0 Å². The zero-order valence-electron chi connectivity index (χ0n) is 14.4. The number of nitrogens with zero attached hydrogens (tertiary/aromatic N) is 1. The number of amides is 3. The minimum atomic E-state index is -0.994. The van der Waals surface area contributed by atoms with E-state index in [1.165, 1.54) is 23.9 Å². The number of thioether (sulfide) groups is 1. The Morgan fingerprint density at radius 2 is 1.81 bits per heavy atom. The Morgan fingerprint density at radius 3 is 2.37 bits per heavy atom. The third kappa shape index (κ3) is 3.84. The second kappa shape index (κ2) is 8.10. The Balaban J connectivity index is 1.89. The molecule has 0 spiro atoms. The van der Waals surface area contributed by atoms with Gasteiger partial charge in [-0.2, -0.15) is 11.8 Å². The van der Waals surface area contributed by atoms with E-state index in [9.17, 15) is 18.8 Å². The van der Waals surface area contributed by atoms with Crippen LogP contribution in [-0.4, -0.2) is 40.7 Å². The lowest BCUT2D eigenvalue weighted by atomic mass is 10.1. The van der Waals surface area contributed by atoms with Crippen molar-refractivity contribution in [2.45, 2.75) is 12.5 Å². The van der Waals surface area contributed by atoms with E-state index in [1.54, 1.807) is 24.3 Å². The van der Waals surface area contributed by atoms with Crippen LogP contribution in [0.4, 0.5) is 10.1 Å². The summed E-state index contributed by atoms with van der Waals surface area (Å²) >= 11 is 7.47. The fourth-order valence-electron chi connectivity index (χ4n) is 2.90. The molecule has 1 aliphatic rings. The summed E-state index contributed by atoms with van der Waals surface area (Å²) in [5.41, 5.74) is 0.780. The van der Waals surface area contributed by atoms with Crippen LogP contribution in [0.1, 0.15) is 27.1 Å². The molecule has 2 aromatic carbocycles. The van der Waals surface area contributed by atoms with Gasteiger partial charge in [0.15, 0.2) is 0 Å². The molecule has 0 aromatic heterocycles. The molecule has 5 nitrogen and oxygen atoms in total. The number of hydrogen-bond acceptors (Lipinski definition) is 4. The highest BCUT2D eigenvalue weighted by atomic mass is 35.5. The quantitative estimate of drug-likeness (QED) is 0.740. The van der Waals surface area contributed by atoms with Gasteiger partial charge in [-0.3, -0.25) is 19.3 Å². The van der Waals surface area contributed by atoms with E-state index in [1.807, 2.05) is 6.26 Å². The van der Waals surface area contributed by atoms with Gasteiger partial charge in [0, 0.05) is 0 Å². The van der Waals surface area contributed by atoms with Crippen molar-refractivity contribution in [3.05, 3.63) is 64.4 Å². The topological polar surface area (TPSA) is 66.5 Å². The van der Waals surface area contributed by atoms with Gasteiger partial charge < -0.3 is 5.32 Å². The molecule has 0 radical (unpaired) electrons. The van der Waals surface area contributed by atoms with Crippen molar-refractivity contribution < 1.29 is 18.8 Å². The zero-order valence-corrected chi connectivity index (χ0v) is 15.9. The fraction of sp³-hybridized carbons (Fsp3) is 0.211. The highest BCUT2D eigenvalue weighted by molar-refractivity contribution is 7.98. The number of anilines is 1. The molecule has 27 heavy (non-hydrogen) atoms. The van der Waals surface area contributed by atoms with E-state index in [0.717, 1.165) is 11.0 Å². The van der Waals surface area contributed by atoms with Crippen LogP contribution in [0.15, 0.2) is 42.5 Å². The Labute approximate surface area is 164 Å². The molecule has 0 bridgehead atoms. The number of nitrogens with one attached hydrogen (secondary N) is 1. The van der Waals surface area contributed by atoms with Gasteiger partial charge in [-0.05, 0) is 48.8 Å². The van der Waals surface area contributed by atoms with Crippen LogP contribution in [0.2, 0.25) is 5.02 Å². The largest absolute Gasteiger partial charge is 0.323 e. The molecule has 0 fully saturated rings. The lowest BCUT2D eigenvalue weighted by Crippen LogP contribution is -2.47. The molecule has 0 saturated heterocycles. The number of hydrogen-bond donors (Lipinski definition) is 1. The lowest BCUT2D eigenvalue weighted by molar-refractivity contribution is -0.120. The number of halogens is 2. The zero-order chi connectivity index (χ0) is 19.6. The van der Waals surface area contributed by atoms with Crippen LogP contribution >= 0.6 is 23.4 Å². The van der Waals surface area contributed by atoms with E-state index < -0.39 is 29.6 Å². The molecule has 1 aliphatic heterocycles. The van der Waals surface area contributed by atoms with Crippen molar-refractivity contribution in [2.75, 3.05) is 17.3 Å². The molecule has 1 atom stereocenters. The first-order valence-electron chi connectivity index (χ1n) is 8.15. The van der Waals surface area contributed by atoms with Crippen LogP contribution < -0.4 is 5.32 Å². The molecule has 0 saturated carbocycles. The average Bonchev–Trinajstić information content (AvgIpc) is 2.90. The predicted molar refractivity (Wildman–Crippen MR) is 104 cm³/mol. The highest BCUT2D eigenvalue weighted by Crippen LogP contribution is 2.28. The summed E-state index contributed by atoms with van der Waals surface area (Å²) in [6.45, 7) is 0. The molecule has 1 N–H and O–H groups in total. The number of imide groups is 1. The second-order valence-electron chi connectivity index (χ2n) is 5.94. The fourth-order valence-corrected chi connectivity index (χ4v) is 3.58. The second-order valence-corrected chi connectivity index (χ2v) is 7.33. The van der Waals surface area contributed by atoms with Crippen LogP contribution in [0.5, 0.6) is 0 Å². The van der Waals surface area contributed by atoms with Crippen molar-refractivity contribution in [1.82, 2.24) is 4.90 Å². The van der Waals surface area contributed by atoms with E-state index >= 15 is 0 Å². The first-order valence-corrected chi connectivity index (χ1v) is 9.93. The van der Waals surface area contributed by atoms with Gasteiger partial charge in [-0.1, -0.05) is 23.7 Å². The van der Waals surface area contributed by atoms with Crippen LogP contribution in [0.25, 0.3) is 0 Å². The Kier molecular flexibility index (Phi) is 5.82. The Hall–Kier alpha value is -2.38. The van der Waals surface area contributed by atoms with Crippen LogP contribution in [-0.2, 0) is 4.79 Å².